The first-order valence-electron chi connectivity index (χ1n) is 6.73. The van der Waals surface area contributed by atoms with Crippen molar-refractivity contribution in [1.82, 2.24) is 15.0 Å². The molecule has 0 atom stereocenters. The smallest absolute Gasteiger partial charge is 0.309 e. The van der Waals surface area contributed by atoms with E-state index in [-0.39, 0.29) is 22.5 Å². The lowest BCUT2D eigenvalue weighted by Gasteiger charge is -2.02. The van der Waals surface area contributed by atoms with Crippen molar-refractivity contribution in [2.45, 2.75) is 6.54 Å². The van der Waals surface area contributed by atoms with Gasteiger partial charge in [0.2, 0.25) is 5.52 Å². The fraction of sp³-hybridized carbons (Fsp3) is 0.0625. The summed E-state index contributed by atoms with van der Waals surface area (Å²) in [5.74, 6) is 0. The molecular weight excluding hydrogens is 344 g/mol. The zero-order valence-corrected chi connectivity index (χ0v) is 13.2. The number of imidazole rings is 1. The largest absolute Gasteiger partial charge is 1.00 e. The Bertz CT molecular complexity index is 1010. The summed E-state index contributed by atoms with van der Waals surface area (Å²) in [6.07, 6.45) is 3.21. The van der Waals surface area contributed by atoms with Gasteiger partial charge in [0.25, 0.3) is 5.56 Å². The summed E-state index contributed by atoms with van der Waals surface area (Å²) in [6.45, 7) is 0.668. The van der Waals surface area contributed by atoms with Crippen LogP contribution in [0.1, 0.15) is 5.56 Å². The van der Waals surface area contributed by atoms with E-state index in [1.165, 1.54) is 22.7 Å². The zero-order valence-electron chi connectivity index (χ0n) is 11.6. The standard InChI is InChI=1S/C16H12N4O.BrH/c21-16-14-15(17-9-18-16)20(10-19-14)8-11-5-6-12-3-1-2-4-13(12)7-11;/h1-7,9-10H,8H2,(H,17,18,21);1H. The first-order valence-corrected chi connectivity index (χ1v) is 6.73. The summed E-state index contributed by atoms with van der Waals surface area (Å²) in [5, 5.41) is 2.43. The molecule has 22 heavy (non-hydrogen) atoms. The fourth-order valence-electron chi connectivity index (χ4n) is 2.60. The Morgan fingerprint density at radius 2 is 1.86 bits per heavy atom. The highest BCUT2D eigenvalue weighted by Crippen LogP contribution is 2.15. The Morgan fingerprint density at radius 3 is 2.73 bits per heavy atom. The Kier molecular flexibility index (Phi) is 3.77. The molecule has 2 aromatic carbocycles. The molecule has 0 spiro atoms. The highest BCUT2D eigenvalue weighted by Gasteiger charge is 2.14. The minimum Gasteiger partial charge on any atom is -1.00 e. The van der Waals surface area contributed by atoms with Gasteiger partial charge >= 0.3 is 5.65 Å². The minimum absolute atomic E-state index is 0. The number of hydrogen-bond donors (Lipinski definition) is 2. The average molecular weight is 357 g/mol. The topological polar surface area (TPSA) is 65.4 Å². The molecule has 0 fully saturated rings. The lowest BCUT2D eigenvalue weighted by Crippen LogP contribution is -3.00. The number of hydrogen-bond acceptors (Lipinski definition) is 2. The number of H-pyrrole nitrogens is 2. The van der Waals surface area contributed by atoms with Crippen molar-refractivity contribution in [2.24, 2.45) is 0 Å². The number of nitrogens with zero attached hydrogens (tertiary/aromatic N) is 2. The van der Waals surface area contributed by atoms with E-state index in [4.69, 9.17) is 0 Å². The lowest BCUT2D eigenvalue weighted by atomic mass is 10.1. The highest BCUT2D eigenvalue weighted by molar-refractivity contribution is 5.82. The van der Waals surface area contributed by atoms with Gasteiger partial charge < -0.3 is 17.0 Å². The molecule has 110 valence electrons. The quantitative estimate of drug-likeness (QED) is 0.440. The molecule has 4 aromatic rings. The van der Waals surface area contributed by atoms with Crippen LogP contribution in [0, 0.1) is 0 Å². The number of halogens is 1. The minimum atomic E-state index is -0.155. The molecular formula is C16H13BrN4O. The van der Waals surface area contributed by atoms with Gasteiger partial charge in [-0.3, -0.25) is 14.8 Å². The SMILES string of the molecule is O=c1[nH]cnc2c1[nH]c[n+]2Cc1ccc2ccccc2c1.[Br-]. The van der Waals surface area contributed by atoms with Crippen LogP contribution < -0.4 is 27.1 Å². The van der Waals surface area contributed by atoms with E-state index in [2.05, 4.69) is 45.3 Å². The van der Waals surface area contributed by atoms with Gasteiger partial charge in [-0.2, -0.15) is 0 Å². The van der Waals surface area contributed by atoms with Gasteiger partial charge in [0.1, 0.15) is 0 Å². The van der Waals surface area contributed by atoms with Crippen LogP contribution in [0.4, 0.5) is 0 Å². The maximum atomic E-state index is 11.7. The molecule has 0 aliphatic carbocycles. The van der Waals surface area contributed by atoms with Crippen molar-refractivity contribution in [2.75, 3.05) is 0 Å². The fourth-order valence-corrected chi connectivity index (χ4v) is 2.60. The van der Waals surface area contributed by atoms with E-state index in [1.54, 1.807) is 6.33 Å². The third kappa shape index (κ3) is 2.42. The first-order chi connectivity index (χ1) is 10.3. The summed E-state index contributed by atoms with van der Waals surface area (Å²) in [4.78, 5) is 21.5. The van der Waals surface area contributed by atoms with Crippen LogP contribution in [0.25, 0.3) is 21.9 Å². The summed E-state index contributed by atoms with van der Waals surface area (Å²) in [5.41, 5.74) is 2.17. The van der Waals surface area contributed by atoms with Crippen molar-refractivity contribution in [3.05, 3.63) is 71.0 Å². The van der Waals surface area contributed by atoms with Crippen LogP contribution in [-0.4, -0.2) is 15.0 Å². The zero-order chi connectivity index (χ0) is 14.2. The molecule has 5 nitrogen and oxygen atoms in total. The third-order valence-electron chi connectivity index (χ3n) is 3.64. The molecule has 0 amide bonds. The summed E-state index contributed by atoms with van der Waals surface area (Å²) in [7, 11) is 0. The van der Waals surface area contributed by atoms with Crippen molar-refractivity contribution in [3.63, 3.8) is 0 Å². The normalized spacial score (nSPS) is 10.7. The predicted octanol–water partition coefficient (Wildman–Crippen LogP) is -1.26. The Hall–Kier alpha value is -2.47. The van der Waals surface area contributed by atoms with Crippen LogP contribution in [-0.2, 0) is 6.54 Å². The number of nitrogens with one attached hydrogen (secondary N) is 2. The second-order valence-corrected chi connectivity index (χ2v) is 5.01. The molecule has 0 saturated carbocycles. The average Bonchev–Trinajstić information content (AvgIpc) is 2.92. The van der Waals surface area contributed by atoms with Crippen molar-refractivity contribution < 1.29 is 21.5 Å². The van der Waals surface area contributed by atoms with Crippen LogP contribution in [0.2, 0.25) is 0 Å². The van der Waals surface area contributed by atoms with Gasteiger partial charge in [-0.1, -0.05) is 41.4 Å². The number of fused-ring (bicyclic) bond motifs is 2. The van der Waals surface area contributed by atoms with Crippen molar-refractivity contribution in [3.8, 4) is 0 Å². The molecule has 2 N–H and O–H groups in total. The van der Waals surface area contributed by atoms with E-state index in [9.17, 15) is 4.79 Å². The molecule has 0 unspecified atom stereocenters. The van der Waals surface area contributed by atoms with Gasteiger partial charge in [-0.25, -0.2) is 4.57 Å². The number of rotatable bonds is 2. The maximum Gasteiger partial charge on any atom is 0.309 e. The molecule has 0 aliphatic rings. The van der Waals surface area contributed by atoms with E-state index < -0.39 is 0 Å². The molecule has 4 rings (SSSR count). The molecule has 2 heterocycles. The van der Waals surface area contributed by atoms with E-state index in [1.807, 2.05) is 16.7 Å². The highest BCUT2D eigenvalue weighted by atomic mass is 79.9. The lowest BCUT2D eigenvalue weighted by molar-refractivity contribution is -0.664. The van der Waals surface area contributed by atoms with Gasteiger partial charge in [0.15, 0.2) is 12.7 Å². The van der Waals surface area contributed by atoms with Gasteiger partial charge in [-0.05, 0) is 22.4 Å². The Labute approximate surface area is 136 Å². The number of aromatic nitrogens is 4. The van der Waals surface area contributed by atoms with Crippen LogP contribution in [0.15, 0.2) is 59.9 Å². The predicted molar refractivity (Wildman–Crippen MR) is 80.0 cm³/mol. The van der Waals surface area contributed by atoms with E-state index >= 15 is 0 Å². The summed E-state index contributed by atoms with van der Waals surface area (Å²) >= 11 is 0. The molecule has 2 aromatic heterocycles. The first kappa shape index (κ1) is 14.5. The van der Waals surface area contributed by atoms with Crippen LogP contribution >= 0.6 is 0 Å². The van der Waals surface area contributed by atoms with E-state index in [0.29, 0.717) is 17.7 Å². The molecule has 0 aliphatic heterocycles. The Morgan fingerprint density at radius 1 is 1.05 bits per heavy atom. The van der Waals surface area contributed by atoms with Crippen LogP contribution in [0.5, 0.6) is 0 Å². The molecule has 0 radical (unpaired) electrons. The molecule has 6 heteroatoms. The number of benzene rings is 2. The van der Waals surface area contributed by atoms with E-state index in [0.717, 1.165) is 0 Å². The van der Waals surface area contributed by atoms with Gasteiger partial charge in [-0.15, -0.1) is 0 Å². The van der Waals surface area contributed by atoms with Gasteiger partial charge in [0.05, 0.1) is 6.54 Å². The van der Waals surface area contributed by atoms with Crippen LogP contribution in [0.3, 0.4) is 0 Å². The Balaban J connectivity index is 0.00000144. The maximum absolute atomic E-state index is 11.7. The van der Waals surface area contributed by atoms with Crippen molar-refractivity contribution in [1.29, 1.82) is 0 Å². The van der Waals surface area contributed by atoms with Crippen molar-refractivity contribution >= 4 is 21.9 Å². The number of aromatic amines is 2. The monoisotopic (exact) mass is 356 g/mol. The summed E-state index contributed by atoms with van der Waals surface area (Å²) in [6, 6.07) is 14.6. The summed E-state index contributed by atoms with van der Waals surface area (Å²) < 4.78 is 1.94. The van der Waals surface area contributed by atoms with Gasteiger partial charge in [0, 0.05) is 0 Å². The molecule has 0 bridgehead atoms. The molecule has 0 saturated heterocycles. The second kappa shape index (κ2) is 5.73. The third-order valence-corrected chi connectivity index (χ3v) is 3.64. The second-order valence-electron chi connectivity index (χ2n) is 5.01.